The van der Waals surface area contributed by atoms with Gasteiger partial charge >= 0.3 is 0 Å². The van der Waals surface area contributed by atoms with Gasteiger partial charge in [-0.05, 0) is 163 Å². The highest BCUT2D eigenvalue weighted by molar-refractivity contribution is 6.37. The number of nitrogens with zero attached hydrogens (tertiary/aromatic N) is 12. The first kappa shape index (κ1) is 80.6. The molecule has 35 aromatic rings. The number of fused-ring (bicyclic) bond motifs is 27. The van der Waals surface area contributed by atoms with Crippen molar-refractivity contribution in [2.75, 3.05) is 0 Å². The van der Waals surface area contributed by atoms with Gasteiger partial charge in [0.25, 0.3) is 0 Å². The third-order valence-electron chi connectivity index (χ3n) is 31.7. The van der Waals surface area contributed by atoms with Gasteiger partial charge in [0, 0.05) is 108 Å². The predicted molar refractivity (Wildman–Crippen MR) is 617 cm³/mol. The molecule has 12 nitrogen and oxygen atoms in total. The van der Waals surface area contributed by atoms with Crippen LogP contribution in [0.4, 0.5) is 0 Å². The zero-order valence-corrected chi connectivity index (χ0v) is 79.4. The quantitative estimate of drug-likeness (QED) is 0.147. The van der Waals surface area contributed by atoms with Gasteiger partial charge in [-0.3, -0.25) is 13.7 Å². The summed E-state index contributed by atoms with van der Waals surface area (Å²) in [6.45, 7) is 0. The van der Waals surface area contributed by atoms with Crippen LogP contribution in [0.5, 0.6) is 0 Å². The second kappa shape index (κ2) is 30.7. The molecule has 682 valence electrons. The summed E-state index contributed by atoms with van der Waals surface area (Å²) in [5, 5.41) is 31.6. The summed E-state index contributed by atoms with van der Waals surface area (Å²) in [6, 6.07) is 170. The maximum Gasteiger partial charge on any atom is 0.165 e. The highest BCUT2D eigenvalue weighted by atomic mass is 15.1. The molecule has 0 N–H and O–H groups in total. The lowest BCUT2D eigenvalue weighted by atomic mass is 10.0. The van der Waals surface area contributed by atoms with Gasteiger partial charge in [-0.1, -0.05) is 370 Å². The van der Waals surface area contributed by atoms with E-state index in [0.29, 0.717) is 0 Å². The smallest absolute Gasteiger partial charge is 0.165 e. The molecule has 0 unspecified atom stereocenters. The minimum absolute atomic E-state index is 0.828. The summed E-state index contributed by atoms with van der Waals surface area (Å²) in [7, 11) is 0. The van der Waals surface area contributed by atoms with Crippen molar-refractivity contribution < 1.29 is 0 Å². The minimum atomic E-state index is 0.828. The van der Waals surface area contributed by atoms with E-state index in [2.05, 4.69) is 488 Å². The van der Waals surface area contributed by atoms with Crippen LogP contribution in [0.25, 0.3) is 318 Å². The Hall–Kier alpha value is -20.1. The third-order valence-corrected chi connectivity index (χ3v) is 31.7. The lowest BCUT2D eigenvalue weighted by Gasteiger charge is -2.16. The van der Waals surface area contributed by atoms with E-state index in [-0.39, 0.29) is 0 Å². The topological polar surface area (TPSA) is 105 Å². The number of rotatable bonds is 7. The maximum absolute atomic E-state index is 5.66. The van der Waals surface area contributed by atoms with Gasteiger partial charge in [0.1, 0.15) is 17.1 Å². The summed E-state index contributed by atoms with van der Waals surface area (Å²) in [4.78, 5) is 33.0. The van der Waals surface area contributed by atoms with Gasteiger partial charge in [-0.15, -0.1) is 0 Å². The van der Waals surface area contributed by atoms with E-state index in [1.807, 2.05) is 12.1 Å². The molecular formula is C136H78N12. The van der Waals surface area contributed by atoms with E-state index in [9.17, 15) is 0 Å². The molecular weight excluding hydrogens is 1800 g/mol. The van der Waals surface area contributed by atoms with Gasteiger partial charge in [-0.25, -0.2) is 29.9 Å². The molecule has 0 spiro atoms. The van der Waals surface area contributed by atoms with Crippen LogP contribution in [0.1, 0.15) is 0 Å². The SMILES string of the molecule is c1ccc(-c2ccc(-c3nc4ccccc4nc3-n3c4cccc5c6ccccc6n6c7ccccc7c7ccc3c(c54)c76)cc2)cc1.c1ccc2c(-c3nc4ccc5ccccc5c4nc3-n3c4cccc5c6ccccc6n6c7ccccc7c7ccc3c(c54)c76)cccc2c1.c1ccc2cc(-c3nc4ccc5ccccc5c4nc3-n3c4cccc5c6ccccc6n6c7ccccc7c7ccc3c(c54)c76)ccc2c1. The molecule has 0 fully saturated rings. The minimum Gasteiger partial charge on any atom is -0.308 e. The fraction of sp³-hybridized carbons (Fsp3) is 0. The Morgan fingerprint density at radius 1 is 0.142 bits per heavy atom. The Balaban J connectivity index is 0.0000000966. The van der Waals surface area contributed by atoms with Crippen LogP contribution in [0.15, 0.2) is 473 Å². The summed E-state index contributed by atoms with van der Waals surface area (Å²) in [5.41, 5.74) is 31.1. The first-order valence-corrected chi connectivity index (χ1v) is 50.6. The number of hydrogen-bond donors (Lipinski definition) is 0. The highest BCUT2D eigenvalue weighted by Crippen LogP contribution is 2.53. The fourth-order valence-corrected chi connectivity index (χ4v) is 25.4. The van der Waals surface area contributed by atoms with Crippen molar-refractivity contribution in [3.05, 3.63) is 473 Å². The van der Waals surface area contributed by atoms with E-state index in [0.717, 1.165) is 144 Å². The molecule has 0 saturated heterocycles. The fourth-order valence-electron chi connectivity index (χ4n) is 25.4. The van der Waals surface area contributed by atoms with E-state index in [1.165, 1.54) is 174 Å². The average Bonchev–Trinajstić information content (AvgIpc) is 1.53. The van der Waals surface area contributed by atoms with Crippen LogP contribution in [-0.4, -0.2) is 56.8 Å². The standard InChI is InChI=1S/2C46H26N4.C44H26N4/c1-3-14-29-27(11-1)13-9-19-34(29)44-46(48-43-30-15-4-2-12-28(30)23-25-36(43)47-44)50-39-22-10-18-33-31-16-5-7-20-37(31)49-38-21-8-6-17-32(38)35-24-26-40(50)42(41(33)39)45(35)49;1-2-12-29-26-30(21-20-27(29)10-1)43-46(48-44-31-13-4-3-11-28(31)22-24-36(44)47-43)50-39-19-9-16-34-32-14-5-7-17-37(32)49-38-18-8-6-15-33(38)35-23-25-40(50)42(41(34)39)45(35)49;1-2-11-27(12-3-1)28-21-23-29(24-22-28)42-44(46-35-17-7-6-16-34(35)45-42)48-38-20-10-15-32-30-13-4-8-18-36(30)47-37-19-9-5-14-31(37)33-25-26-39(48)41(40(32)38)43(33)47/h2*1-26H;1-26H. The second-order valence-corrected chi connectivity index (χ2v) is 39.3. The van der Waals surface area contributed by atoms with Gasteiger partial charge in [0.05, 0.1) is 116 Å². The Morgan fingerprint density at radius 2 is 0.432 bits per heavy atom. The molecule has 12 heteroatoms. The lowest BCUT2D eigenvalue weighted by Crippen LogP contribution is -2.04. The molecule has 0 radical (unpaired) electrons. The zero-order valence-electron chi connectivity index (χ0n) is 79.4. The molecule has 23 aromatic carbocycles. The highest BCUT2D eigenvalue weighted by Gasteiger charge is 2.32. The lowest BCUT2D eigenvalue weighted by molar-refractivity contribution is 1.08. The second-order valence-electron chi connectivity index (χ2n) is 39.3. The summed E-state index contributed by atoms with van der Waals surface area (Å²) in [6.07, 6.45) is 0. The molecule has 0 aliphatic heterocycles. The summed E-state index contributed by atoms with van der Waals surface area (Å²) < 4.78 is 14.6. The Bertz CT molecular complexity index is 11900. The molecule has 12 heterocycles. The van der Waals surface area contributed by atoms with Crippen LogP contribution in [0.2, 0.25) is 0 Å². The molecule has 35 rings (SSSR count). The van der Waals surface area contributed by atoms with E-state index in [4.69, 9.17) is 29.9 Å². The van der Waals surface area contributed by atoms with Crippen molar-refractivity contribution in [1.29, 1.82) is 0 Å². The van der Waals surface area contributed by atoms with Gasteiger partial charge in [-0.2, -0.15) is 0 Å². The Morgan fingerprint density at radius 3 is 0.892 bits per heavy atom. The monoisotopic (exact) mass is 1880 g/mol. The van der Waals surface area contributed by atoms with Crippen molar-refractivity contribution in [2.24, 2.45) is 0 Å². The molecule has 0 saturated carbocycles. The van der Waals surface area contributed by atoms with Crippen LogP contribution in [0.3, 0.4) is 0 Å². The largest absolute Gasteiger partial charge is 0.308 e. The summed E-state index contributed by atoms with van der Waals surface area (Å²) in [5.74, 6) is 2.49. The Kier molecular flexibility index (Phi) is 16.7. The van der Waals surface area contributed by atoms with E-state index >= 15 is 0 Å². The Labute approximate surface area is 842 Å². The molecule has 0 aliphatic carbocycles. The number of aromatic nitrogens is 12. The normalized spacial score (nSPS) is 12.3. The molecule has 0 bridgehead atoms. The van der Waals surface area contributed by atoms with Gasteiger partial charge in [0.2, 0.25) is 0 Å². The van der Waals surface area contributed by atoms with Crippen LogP contribution < -0.4 is 0 Å². The van der Waals surface area contributed by atoms with Crippen molar-refractivity contribution in [3.8, 4) is 62.4 Å². The van der Waals surface area contributed by atoms with Crippen LogP contribution in [0, 0.1) is 0 Å². The van der Waals surface area contributed by atoms with Gasteiger partial charge < -0.3 is 13.2 Å². The predicted octanol–water partition coefficient (Wildman–Crippen LogP) is 34.9. The third kappa shape index (κ3) is 11.3. The van der Waals surface area contributed by atoms with Gasteiger partial charge in [0.15, 0.2) is 17.5 Å². The maximum atomic E-state index is 5.66. The van der Waals surface area contributed by atoms with Crippen molar-refractivity contribution in [2.45, 2.75) is 0 Å². The van der Waals surface area contributed by atoms with E-state index in [1.54, 1.807) is 0 Å². The van der Waals surface area contributed by atoms with E-state index < -0.39 is 0 Å². The van der Waals surface area contributed by atoms with Crippen molar-refractivity contribution >= 4 is 256 Å². The average molecular weight is 1880 g/mol. The zero-order chi connectivity index (χ0) is 96.3. The van der Waals surface area contributed by atoms with Crippen LogP contribution in [-0.2, 0) is 0 Å². The van der Waals surface area contributed by atoms with Crippen LogP contribution >= 0.6 is 0 Å². The molecule has 0 amide bonds. The first-order valence-electron chi connectivity index (χ1n) is 50.6. The molecule has 12 aromatic heterocycles. The molecule has 0 atom stereocenters. The molecule has 0 aliphatic rings. The van der Waals surface area contributed by atoms with Crippen molar-refractivity contribution in [1.82, 2.24) is 56.8 Å². The number of benzene rings is 23. The number of hydrogen-bond acceptors (Lipinski definition) is 6. The number of para-hydroxylation sites is 8. The summed E-state index contributed by atoms with van der Waals surface area (Å²) >= 11 is 0. The van der Waals surface area contributed by atoms with Crippen molar-refractivity contribution in [3.63, 3.8) is 0 Å². The first-order chi connectivity index (χ1) is 73.5. The molecule has 148 heavy (non-hydrogen) atoms.